The van der Waals surface area contributed by atoms with Gasteiger partial charge in [0.2, 0.25) is 15.9 Å². The van der Waals surface area contributed by atoms with Crippen LogP contribution >= 0.6 is 0 Å². The molecule has 2 rings (SSSR count). The molecule has 6 nitrogen and oxygen atoms in total. The van der Waals surface area contributed by atoms with Crippen molar-refractivity contribution in [2.45, 2.75) is 26.7 Å². The van der Waals surface area contributed by atoms with E-state index in [0.717, 1.165) is 25.2 Å². The van der Waals surface area contributed by atoms with Crippen LogP contribution < -0.4 is 10.2 Å². The molecule has 1 saturated heterocycles. The normalized spacial score (nSPS) is 17.7. The third-order valence-electron chi connectivity index (χ3n) is 4.05. The van der Waals surface area contributed by atoms with E-state index in [2.05, 4.69) is 24.1 Å². The second kappa shape index (κ2) is 7.79. The third kappa shape index (κ3) is 4.68. The fourth-order valence-electron chi connectivity index (χ4n) is 2.72. The Hall–Kier alpha value is -1.60. The zero-order chi connectivity index (χ0) is 16.9. The summed E-state index contributed by atoms with van der Waals surface area (Å²) in [4.78, 5) is 14.3. The molecule has 0 bridgehead atoms. The molecule has 7 heteroatoms. The average Bonchev–Trinajstić information content (AvgIpc) is 2.52. The van der Waals surface area contributed by atoms with Gasteiger partial charge in [0.15, 0.2) is 0 Å². The molecule has 0 radical (unpaired) electrons. The summed E-state index contributed by atoms with van der Waals surface area (Å²) in [5.41, 5.74) is 1.78. The van der Waals surface area contributed by atoms with Crippen molar-refractivity contribution in [3.8, 4) is 0 Å². The average molecular weight is 339 g/mol. The van der Waals surface area contributed by atoms with Gasteiger partial charge in [-0.15, -0.1) is 0 Å². The third-order valence-corrected chi connectivity index (χ3v) is 5.96. The number of carbonyl (C=O) groups is 1. The van der Waals surface area contributed by atoms with Gasteiger partial charge in [-0.25, -0.2) is 8.42 Å². The van der Waals surface area contributed by atoms with Crippen molar-refractivity contribution in [1.29, 1.82) is 0 Å². The van der Waals surface area contributed by atoms with Crippen LogP contribution in [0.1, 0.15) is 26.7 Å². The Kier molecular flexibility index (Phi) is 6.01. The predicted molar refractivity (Wildman–Crippen MR) is 93.2 cm³/mol. The lowest BCUT2D eigenvalue weighted by Crippen LogP contribution is -2.42. The Bertz CT molecular complexity index is 624. The highest BCUT2D eigenvalue weighted by molar-refractivity contribution is 7.89. The first kappa shape index (κ1) is 17.7. The highest BCUT2D eigenvalue weighted by Crippen LogP contribution is 2.18. The van der Waals surface area contributed by atoms with Gasteiger partial charge >= 0.3 is 0 Å². The summed E-state index contributed by atoms with van der Waals surface area (Å²) in [6, 6.07) is 7.60. The number of rotatable bonds is 6. The van der Waals surface area contributed by atoms with Crippen molar-refractivity contribution >= 4 is 27.3 Å². The monoisotopic (exact) mass is 339 g/mol. The Labute approximate surface area is 138 Å². The summed E-state index contributed by atoms with van der Waals surface area (Å²) in [6.45, 7) is 6.36. The predicted octanol–water partition coefficient (Wildman–Crippen LogP) is 1.90. The van der Waals surface area contributed by atoms with Crippen molar-refractivity contribution in [3.05, 3.63) is 24.3 Å². The zero-order valence-corrected chi connectivity index (χ0v) is 14.6. The van der Waals surface area contributed by atoms with Crippen LogP contribution in [0.15, 0.2) is 24.3 Å². The number of hydrogen-bond donors (Lipinski definition) is 1. The maximum atomic E-state index is 12.1. The van der Waals surface area contributed by atoms with Crippen LogP contribution in [-0.4, -0.2) is 50.6 Å². The number of nitrogens with one attached hydrogen (secondary N) is 1. The number of amides is 1. The maximum Gasteiger partial charge on any atom is 0.239 e. The SMILES string of the molecule is CCN(CC)c1ccc(NC(=O)CN2CCCCS2(=O)=O)cc1. The summed E-state index contributed by atoms with van der Waals surface area (Å²) in [5.74, 6) is -0.162. The molecule has 1 fully saturated rings. The number of sulfonamides is 1. The van der Waals surface area contributed by atoms with Crippen LogP contribution in [0.5, 0.6) is 0 Å². The fraction of sp³-hybridized carbons (Fsp3) is 0.562. The quantitative estimate of drug-likeness (QED) is 0.859. The van der Waals surface area contributed by atoms with Gasteiger partial charge in [0.05, 0.1) is 12.3 Å². The lowest BCUT2D eigenvalue weighted by atomic mass is 10.2. The molecule has 1 heterocycles. The second-order valence-corrected chi connectivity index (χ2v) is 7.71. The Morgan fingerprint density at radius 1 is 1.17 bits per heavy atom. The molecule has 0 aliphatic carbocycles. The van der Waals surface area contributed by atoms with Gasteiger partial charge in [0.25, 0.3) is 0 Å². The Morgan fingerprint density at radius 3 is 2.39 bits per heavy atom. The van der Waals surface area contributed by atoms with Gasteiger partial charge < -0.3 is 10.2 Å². The van der Waals surface area contributed by atoms with Crippen molar-refractivity contribution in [3.63, 3.8) is 0 Å². The molecule has 1 aromatic carbocycles. The van der Waals surface area contributed by atoms with Gasteiger partial charge in [0, 0.05) is 31.0 Å². The van der Waals surface area contributed by atoms with Crippen LogP contribution in [0.4, 0.5) is 11.4 Å². The minimum absolute atomic E-state index is 0.111. The lowest BCUT2D eigenvalue weighted by molar-refractivity contribution is -0.116. The van der Waals surface area contributed by atoms with Crippen LogP contribution in [-0.2, 0) is 14.8 Å². The van der Waals surface area contributed by atoms with E-state index >= 15 is 0 Å². The first-order chi connectivity index (χ1) is 11.0. The van der Waals surface area contributed by atoms with Crippen LogP contribution in [0.2, 0.25) is 0 Å². The molecule has 1 aliphatic rings. The second-order valence-electron chi connectivity index (χ2n) is 5.62. The van der Waals surface area contributed by atoms with Gasteiger partial charge in [0.1, 0.15) is 0 Å². The first-order valence-corrected chi connectivity index (χ1v) is 9.70. The first-order valence-electron chi connectivity index (χ1n) is 8.09. The fourth-order valence-corrected chi connectivity index (χ4v) is 4.27. The molecule has 1 amide bonds. The lowest BCUT2D eigenvalue weighted by Gasteiger charge is -2.25. The largest absolute Gasteiger partial charge is 0.372 e. The Morgan fingerprint density at radius 2 is 1.83 bits per heavy atom. The number of anilines is 2. The van der Waals surface area contributed by atoms with E-state index in [1.54, 1.807) is 0 Å². The van der Waals surface area contributed by atoms with Crippen molar-refractivity contribution in [1.82, 2.24) is 4.31 Å². The van der Waals surface area contributed by atoms with E-state index in [9.17, 15) is 13.2 Å². The van der Waals surface area contributed by atoms with Gasteiger partial charge in [-0.2, -0.15) is 4.31 Å². The van der Waals surface area contributed by atoms with E-state index in [4.69, 9.17) is 0 Å². The van der Waals surface area contributed by atoms with Gasteiger partial charge in [-0.3, -0.25) is 4.79 Å². The van der Waals surface area contributed by atoms with E-state index in [-0.39, 0.29) is 18.2 Å². The smallest absolute Gasteiger partial charge is 0.239 e. The molecule has 0 spiro atoms. The van der Waals surface area contributed by atoms with E-state index in [0.29, 0.717) is 18.7 Å². The highest BCUT2D eigenvalue weighted by atomic mass is 32.2. The van der Waals surface area contributed by atoms with Crippen molar-refractivity contribution in [2.24, 2.45) is 0 Å². The molecule has 1 aliphatic heterocycles. The van der Waals surface area contributed by atoms with Gasteiger partial charge in [-0.05, 0) is 51.0 Å². The van der Waals surface area contributed by atoms with Crippen LogP contribution in [0, 0.1) is 0 Å². The molecule has 0 unspecified atom stereocenters. The summed E-state index contributed by atoms with van der Waals surface area (Å²) in [5, 5.41) is 2.77. The number of carbonyl (C=O) groups excluding carboxylic acids is 1. The molecule has 0 saturated carbocycles. The molecule has 1 aromatic rings. The number of hydrogen-bond acceptors (Lipinski definition) is 4. The van der Waals surface area contributed by atoms with E-state index < -0.39 is 10.0 Å². The van der Waals surface area contributed by atoms with Crippen molar-refractivity contribution < 1.29 is 13.2 Å². The minimum atomic E-state index is -3.27. The molecule has 0 atom stereocenters. The van der Waals surface area contributed by atoms with E-state index in [1.165, 1.54) is 4.31 Å². The zero-order valence-electron chi connectivity index (χ0n) is 13.8. The Balaban J connectivity index is 1.95. The molecule has 1 N–H and O–H groups in total. The minimum Gasteiger partial charge on any atom is -0.372 e. The van der Waals surface area contributed by atoms with Crippen LogP contribution in [0.25, 0.3) is 0 Å². The summed E-state index contributed by atoms with van der Waals surface area (Å²) in [6.07, 6.45) is 1.48. The number of benzene rings is 1. The molecule has 128 valence electrons. The number of nitrogens with zero attached hydrogens (tertiary/aromatic N) is 2. The standard InChI is InChI=1S/C16H25N3O3S/c1-3-18(4-2)15-9-7-14(8-10-15)17-16(20)13-19-11-5-6-12-23(19,21)22/h7-10H,3-6,11-13H2,1-2H3,(H,17,20). The highest BCUT2D eigenvalue weighted by Gasteiger charge is 2.27. The molecular weight excluding hydrogens is 314 g/mol. The van der Waals surface area contributed by atoms with E-state index in [1.807, 2.05) is 24.3 Å². The summed E-state index contributed by atoms with van der Waals surface area (Å²) < 4.78 is 25.1. The summed E-state index contributed by atoms with van der Waals surface area (Å²) in [7, 11) is -3.27. The van der Waals surface area contributed by atoms with Gasteiger partial charge in [-0.1, -0.05) is 0 Å². The van der Waals surface area contributed by atoms with Crippen molar-refractivity contribution in [2.75, 3.05) is 42.1 Å². The topological polar surface area (TPSA) is 69.7 Å². The molecule has 0 aromatic heterocycles. The molecular formula is C16H25N3O3S. The summed E-state index contributed by atoms with van der Waals surface area (Å²) >= 11 is 0. The van der Waals surface area contributed by atoms with Crippen LogP contribution in [0.3, 0.4) is 0 Å². The maximum absolute atomic E-state index is 12.1. The molecule has 23 heavy (non-hydrogen) atoms.